The van der Waals surface area contributed by atoms with Crippen molar-refractivity contribution >= 4 is 75.7 Å². The quantitative estimate of drug-likeness (QED) is 0.159. The fraction of sp³-hybridized carbons (Fsp3) is 0.167. The van der Waals surface area contributed by atoms with E-state index in [2.05, 4.69) is 63.7 Å². The van der Waals surface area contributed by atoms with Crippen LogP contribution in [0.3, 0.4) is 0 Å². The second kappa shape index (κ2) is 9.90. The number of carbonyl (C=O) groups is 2. The van der Waals surface area contributed by atoms with E-state index in [0.717, 1.165) is 40.1 Å². The molecule has 0 amide bonds. The first-order chi connectivity index (χ1) is 15.7. The van der Waals surface area contributed by atoms with E-state index in [1.54, 1.807) is 36.4 Å². The lowest BCUT2D eigenvalue weighted by atomic mass is 9.98. The molecule has 0 saturated carbocycles. The van der Waals surface area contributed by atoms with Crippen molar-refractivity contribution in [2.75, 3.05) is 14.2 Å². The highest BCUT2D eigenvalue weighted by atomic mass is 79.9. The van der Waals surface area contributed by atoms with Crippen LogP contribution in [0.5, 0.6) is 11.5 Å². The number of carbonyl (C=O) groups excluding carboxylic acids is 2. The summed E-state index contributed by atoms with van der Waals surface area (Å²) in [7, 11) is 2.70. The van der Waals surface area contributed by atoms with Crippen molar-refractivity contribution in [3.8, 4) is 11.5 Å². The summed E-state index contributed by atoms with van der Waals surface area (Å²) >= 11 is 14.9. The molecule has 0 unspecified atom stereocenters. The average molecular weight is 704 g/mol. The third-order valence-electron chi connectivity index (χ3n) is 5.36. The molecule has 0 aliphatic carbocycles. The molecule has 3 aromatic carbocycles. The van der Waals surface area contributed by atoms with Crippen molar-refractivity contribution in [1.29, 1.82) is 0 Å². The first-order valence-electron chi connectivity index (χ1n) is 9.69. The van der Waals surface area contributed by atoms with Crippen LogP contribution in [0.15, 0.2) is 54.3 Å². The van der Waals surface area contributed by atoms with E-state index in [1.165, 1.54) is 14.2 Å². The Bertz CT molecular complexity index is 1170. The van der Waals surface area contributed by atoms with Crippen LogP contribution in [-0.2, 0) is 22.3 Å². The molecule has 2 bridgehead atoms. The zero-order valence-corrected chi connectivity index (χ0v) is 23.8. The molecule has 9 heteroatoms. The number of hydrogen-bond donors (Lipinski definition) is 0. The SMILES string of the molecule is COC(=O)c1ccc2c(c1)Cc1c(Br)c(Br)c(c(Br)c1Br)Cc1cc(C(=O)OC)ccc1O2. The second-order valence-electron chi connectivity index (χ2n) is 7.30. The van der Waals surface area contributed by atoms with Gasteiger partial charge in [0.2, 0.25) is 0 Å². The molecule has 0 atom stereocenters. The maximum absolute atomic E-state index is 12.2. The van der Waals surface area contributed by atoms with E-state index in [0.29, 0.717) is 35.5 Å². The molecular formula is C24H16Br4O5. The van der Waals surface area contributed by atoms with Gasteiger partial charge in [-0.15, -0.1) is 0 Å². The largest absolute Gasteiger partial charge is 0.465 e. The van der Waals surface area contributed by atoms with Crippen molar-refractivity contribution in [3.63, 3.8) is 0 Å². The third kappa shape index (κ3) is 4.65. The topological polar surface area (TPSA) is 61.8 Å². The summed E-state index contributed by atoms with van der Waals surface area (Å²) in [5, 5.41) is 0. The minimum absolute atomic E-state index is 0.425. The molecule has 5 rings (SSSR count). The Balaban J connectivity index is 2.01. The van der Waals surface area contributed by atoms with Gasteiger partial charge in [-0.25, -0.2) is 9.59 Å². The van der Waals surface area contributed by atoms with Crippen LogP contribution in [0.25, 0.3) is 0 Å². The van der Waals surface area contributed by atoms with E-state index in [9.17, 15) is 9.59 Å². The van der Waals surface area contributed by atoms with Crippen LogP contribution in [-0.4, -0.2) is 26.2 Å². The minimum atomic E-state index is -0.425. The van der Waals surface area contributed by atoms with Crippen LogP contribution in [0, 0.1) is 0 Å². The Labute approximate surface area is 224 Å². The number of esters is 2. The predicted molar refractivity (Wildman–Crippen MR) is 138 cm³/mol. The minimum Gasteiger partial charge on any atom is -0.465 e. The Morgan fingerprint density at radius 2 is 1.06 bits per heavy atom. The highest BCUT2D eigenvalue weighted by Gasteiger charge is 2.24. The van der Waals surface area contributed by atoms with Crippen LogP contribution >= 0.6 is 63.7 Å². The number of rotatable bonds is 2. The lowest BCUT2D eigenvalue weighted by Crippen LogP contribution is -2.05. The van der Waals surface area contributed by atoms with E-state index in [1.807, 2.05) is 0 Å². The summed E-state index contributed by atoms with van der Waals surface area (Å²) in [5.74, 6) is 0.355. The van der Waals surface area contributed by atoms with Crippen molar-refractivity contribution in [1.82, 2.24) is 0 Å². The molecule has 0 spiro atoms. The predicted octanol–water partition coefficient (Wildman–Crippen LogP) is 7.60. The molecule has 0 aromatic heterocycles. The Morgan fingerprint density at radius 1 is 0.697 bits per heavy atom. The van der Waals surface area contributed by atoms with Gasteiger partial charge < -0.3 is 14.2 Å². The van der Waals surface area contributed by atoms with Gasteiger partial charge in [0, 0.05) is 41.9 Å². The molecular weight excluding hydrogens is 688 g/mol. The normalized spacial score (nSPS) is 12.2. The van der Waals surface area contributed by atoms with Gasteiger partial charge >= 0.3 is 11.9 Å². The Hall–Kier alpha value is -1.68. The molecule has 3 aromatic rings. The fourth-order valence-electron chi connectivity index (χ4n) is 3.66. The van der Waals surface area contributed by atoms with Gasteiger partial charge in [0.1, 0.15) is 11.5 Å². The van der Waals surface area contributed by atoms with Gasteiger partial charge in [0.05, 0.1) is 25.3 Å². The molecule has 2 aliphatic heterocycles. The molecule has 0 radical (unpaired) electrons. The van der Waals surface area contributed by atoms with Gasteiger partial charge in [0.25, 0.3) is 0 Å². The maximum atomic E-state index is 12.2. The summed E-state index contributed by atoms with van der Waals surface area (Å²) in [5.41, 5.74) is 4.42. The number of methoxy groups -OCH3 is 2. The monoisotopic (exact) mass is 700 g/mol. The number of ether oxygens (including phenoxy) is 3. The standard InChI is InChI=1S/C24H16Br4O5/c1-31-23(29)11-3-5-17-13(7-11)9-15-19(25)21(27)16(22(28)20(15)26)10-14-8-12(24(30)32-2)4-6-18(14)33-17/h3-8H,9-10H2,1-2H3. The number of hydrogen-bond acceptors (Lipinski definition) is 5. The van der Waals surface area contributed by atoms with Crippen LogP contribution in [0.1, 0.15) is 43.0 Å². The first kappa shape index (κ1) is 24.4. The number of benzene rings is 3. The zero-order chi connectivity index (χ0) is 23.9. The smallest absolute Gasteiger partial charge is 0.337 e. The van der Waals surface area contributed by atoms with Gasteiger partial charge in [-0.1, -0.05) is 0 Å². The highest BCUT2D eigenvalue weighted by Crippen LogP contribution is 2.46. The zero-order valence-electron chi connectivity index (χ0n) is 17.4. The summed E-state index contributed by atoms with van der Waals surface area (Å²) < 4.78 is 19.7. The van der Waals surface area contributed by atoms with Crippen LogP contribution < -0.4 is 4.74 Å². The molecule has 0 saturated heterocycles. The Kier molecular flexibility index (Phi) is 7.33. The Morgan fingerprint density at radius 3 is 1.39 bits per heavy atom. The van der Waals surface area contributed by atoms with Gasteiger partial charge in [-0.05, 0) is 111 Å². The van der Waals surface area contributed by atoms with Crippen LogP contribution in [0.4, 0.5) is 0 Å². The molecule has 2 aliphatic rings. The molecule has 0 N–H and O–H groups in total. The van der Waals surface area contributed by atoms with Crippen molar-refractivity contribution in [2.24, 2.45) is 0 Å². The molecule has 170 valence electrons. The van der Waals surface area contributed by atoms with E-state index in [-0.39, 0.29) is 0 Å². The fourth-order valence-corrected chi connectivity index (χ4v) is 6.50. The average Bonchev–Trinajstić information content (AvgIpc) is 2.85. The van der Waals surface area contributed by atoms with Gasteiger partial charge in [-0.2, -0.15) is 0 Å². The number of halogens is 4. The van der Waals surface area contributed by atoms with Crippen molar-refractivity contribution < 1.29 is 23.8 Å². The van der Waals surface area contributed by atoms with Crippen molar-refractivity contribution in [3.05, 3.63) is 87.7 Å². The molecule has 2 heterocycles. The third-order valence-corrected chi connectivity index (χ3v) is 9.93. The van der Waals surface area contributed by atoms with E-state index in [4.69, 9.17) is 14.2 Å². The summed E-state index contributed by atoms with van der Waals surface area (Å²) in [4.78, 5) is 24.4. The van der Waals surface area contributed by atoms with E-state index >= 15 is 0 Å². The first-order valence-corrected chi connectivity index (χ1v) is 12.9. The number of fused-ring (bicyclic) bond motifs is 2. The lowest BCUT2D eigenvalue weighted by Gasteiger charge is -2.17. The second-order valence-corrected chi connectivity index (χ2v) is 10.5. The van der Waals surface area contributed by atoms with Gasteiger partial charge in [-0.3, -0.25) is 0 Å². The maximum Gasteiger partial charge on any atom is 0.337 e. The van der Waals surface area contributed by atoms with Gasteiger partial charge in [0.15, 0.2) is 0 Å². The molecule has 5 nitrogen and oxygen atoms in total. The molecule has 33 heavy (non-hydrogen) atoms. The lowest BCUT2D eigenvalue weighted by molar-refractivity contribution is 0.0592. The highest BCUT2D eigenvalue weighted by molar-refractivity contribution is 9.14. The summed E-state index contributed by atoms with van der Waals surface area (Å²) in [6.45, 7) is 0. The summed E-state index contributed by atoms with van der Waals surface area (Å²) in [6, 6.07) is 10.4. The van der Waals surface area contributed by atoms with Crippen LogP contribution in [0.2, 0.25) is 0 Å². The summed E-state index contributed by atoms with van der Waals surface area (Å²) in [6.07, 6.45) is 0.961. The van der Waals surface area contributed by atoms with Crippen molar-refractivity contribution in [2.45, 2.75) is 12.8 Å². The molecule has 0 fully saturated rings. The van der Waals surface area contributed by atoms with E-state index < -0.39 is 11.9 Å².